The average molecular weight is 468 g/mol. The van der Waals surface area contributed by atoms with Gasteiger partial charge in [-0.3, -0.25) is 4.68 Å². The van der Waals surface area contributed by atoms with E-state index in [-0.39, 0.29) is 36.8 Å². The fourth-order valence-electron chi connectivity index (χ4n) is 3.67. The van der Waals surface area contributed by atoms with E-state index in [1.54, 1.807) is 48.3 Å². The fraction of sp³-hybridized carbons (Fsp3) is 0.286. The summed E-state index contributed by atoms with van der Waals surface area (Å²) in [5, 5.41) is 26.0. The Morgan fingerprint density at radius 3 is 2.76 bits per heavy atom. The van der Waals surface area contributed by atoms with Gasteiger partial charge in [0.25, 0.3) is 0 Å². The fourth-order valence-corrected chi connectivity index (χ4v) is 4.91. The van der Waals surface area contributed by atoms with Crippen LogP contribution in [-0.4, -0.2) is 62.4 Å². The minimum absolute atomic E-state index is 0.00170. The molecule has 12 heteroatoms. The zero-order valence-corrected chi connectivity index (χ0v) is 18.5. The van der Waals surface area contributed by atoms with Gasteiger partial charge in [-0.15, -0.1) is 0 Å². The van der Waals surface area contributed by atoms with E-state index >= 15 is 0 Å². The second-order valence-corrected chi connectivity index (χ2v) is 9.90. The van der Waals surface area contributed by atoms with Gasteiger partial charge in [-0.2, -0.15) is 14.7 Å². The van der Waals surface area contributed by atoms with Gasteiger partial charge in [0.2, 0.25) is 16.0 Å². The lowest BCUT2D eigenvalue weighted by molar-refractivity contribution is 0.0698. The van der Waals surface area contributed by atoms with Crippen molar-refractivity contribution >= 4 is 27.6 Å². The normalized spacial score (nSPS) is 15.4. The number of hydrogen-bond acceptors (Lipinski definition) is 8. The zero-order chi connectivity index (χ0) is 23.6. The minimum Gasteiger partial charge on any atom is -0.478 e. The second kappa shape index (κ2) is 8.61. The van der Waals surface area contributed by atoms with E-state index in [0.29, 0.717) is 16.9 Å². The maximum absolute atomic E-state index is 12.1. The number of sulfonamides is 1. The number of nitrogens with zero attached hydrogens (tertiary/aromatic N) is 6. The molecule has 0 aliphatic carbocycles. The van der Waals surface area contributed by atoms with Gasteiger partial charge in [0.15, 0.2) is 0 Å². The van der Waals surface area contributed by atoms with Crippen LogP contribution in [0, 0.1) is 11.3 Å². The highest BCUT2D eigenvalue weighted by molar-refractivity contribution is 7.89. The molecule has 3 heterocycles. The number of carbonyl (C=O) groups is 1. The van der Waals surface area contributed by atoms with Crippen molar-refractivity contribution in [2.45, 2.75) is 18.9 Å². The van der Waals surface area contributed by atoms with Crippen LogP contribution in [0.4, 0.5) is 11.6 Å². The van der Waals surface area contributed by atoms with E-state index in [1.165, 1.54) is 16.6 Å². The quantitative estimate of drug-likeness (QED) is 0.506. The smallest absolute Gasteiger partial charge is 0.337 e. The summed E-state index contributed by atoms with van der Waals surface area (Å²) in [7, 11) is -3.34. The van der Waals surface area contributed by atoms with Crippen molar-refractivity contribution in [3.8, 4) is 17.3 Å². The molecule has 11 nitrogen and oxygen atoms in total. The van der Waals surface area contributed by atoms with Crippen molar-refractivity contribution in [3.05, 3.63) is 54.5 Å². The number of para-hydroxylation sites is 1. The van der Waals surface area contributed by atoms with Crippen molar-refractivity contribution in [1.29, 1.82) is 5.26 Å². The van der Waals surface area contributed by atoms with Crippen LogP contribution in [0.2, 0.25) is 0 Å². The van der Waals surface area contributed by atoms with Crippen molar-refractivity contribution in [1.82, 2.24) is 24.1 Å². The molecular weight excluding hydrogens is 446 g/mol. The maximum Gasteiger partial charge on any atom is 0.337 e. The van der Waals surface area contributed by atoms with Crippen LogP contribution in [0.25, 0.3) is 11.3 Å². The molecule has 0 atom stereocenters. The third-order valence-corrected chi connectivity index (χ3v) is 7.31. The number of benzene rings is 1. The molecule has 1 aliphatic rings. The van der Waals surface area contributed by atoms with E-state index in [1.807, 2.05) is 0 Å². The Hall–Kier alpha value is -3.82. The lowest BCUT2D eigenvalue weighted by Gasteiger charge is -2.47. The molecule has 0 unspecified atom stereocenters. The number of anilines is 2. The van der Waals surface area contributed by atoms with E-state index in [2.05, 4.69) is 26.5 Å². The molecule has 0 saturated carbocycles. The van der Waals surface area contributed by atoms with Crippen molar-refractivity contribution in [2.75, 3.05) is 24.2 Å². The van der Waals surface area contributed by atoms with Gasteiger partial charge >= 0.3 is 5.97 Å². The number of nitrogens with one attached hydrogen (secondary N) is 1. The summed E-state index contributed by atoms with van der Waals surface area (Å²) in [4.78, 5) is 20.0. The number of aromatic nitrogens is 4. The molecule has 33 heavy (non-hydrogen) atoms. The lowest BCUT2D eigenvalue weighted by Crippen LogP contribution is -2.64. The van der Waals surface area contributed by atoms with Crippen LogP contribution in [0.5, 0.6) is 0 Å². The molecule has 1 saturated heterocycles. The Morgan fingerprint density at radius 1 is 1.30 bits per heavy atom. The van der Waals surface area contributed by atoms with Gasteiger partial charge in [-0.05, 0) is 25.1 Å². The van der Waals surface area contributed by atoms with Gasteiger partial charge in [-0.1, -0.05) is 12.1 Å². The summed E-state index contributed by atoms with van der Waals surface area (Å²) in [6.07, 6.45) is 4.97. The molecule has 2 aromatic heterocycles. The maximum atomic E-state index is 12.1. The predicted molar refractivity (Wildman–Crippen MR) is 119 cm³/mol. The number of aromatic carboxylic acids is 1. The number of rotatable bonds is 8. The van der Waals surface area contributed by atoms with Crippen LogP contribution >= 0.6 is 0 Å². The monoisotopic (exact) mass is 467 g/mol. The number of carboxylic acid groups (broad SMARTS) is 1. The number of hydrogen-bond donors (Lipinski definition) is 2. The molecule has 170 valence electrons. The first-order chi connectivity index (χ1) is 15.8. The molecule has 1 aliphatic heterocycles. The van der Waals surface area contributed by atoms with Crippen LogP contribution in [0.1, 0.15) is 23.7 Å². The van der Waals surface area contributed by atoms with Crippen LogP contribution in [0.3, 0.4) is 0 Å². The van der Waals surface area contributed by atoms with Crippen molar-refractivity contribution in [2.24, 2.45) is 0 Å². The highest BCUT2D eigenvalue weighted by atomic mass is 32.2. The lowest BCUT2D eigenvalue weighted by atomic mass is 9.89. The SMILES string of the molecule is CCS(=O)(=O)N1CC(CC#N)(n2cc(-c3ccnc(Nc4ccccc4C(=O)O)n3)cn2)C1. The Kier molecular flexibility index (Phi) is 5.84. The Balaban J connectivity index is 1.58. The van der Waals surface area contributed by atoms with Gasteiger partial charge in [-0.25, -0.2) is 23.2 Å². The van der Waals surface area contributed by atoms with Crippen molar-refractivity contribution < 1.29 is 18.3 Å². The van der Waals surface area contributed by atoms with E-state index < -0.39 is 21.5 Å². The average Bonchev–Trinajstić information content (AvgIpc) is 3.27. The summed E-state index contributed by atoms with van der Waals surface area (Å²) in [5.74, 6) is -0.857. The first-order valence-corrected chi connectivity index (χ1v) is 11.7. The Bertz CT molecular complexity index is 1340. The summed E-state index contributed by atoms with van der Waals surface area (Å²) in [6, 6.07) is 10.3. The molecule has 1 aromatic carbocycles. The van der Waals surface area contributed by atoms with Crippen LogP contribution < -0.4 is 5.32 Å². The molecule has 0 amide bonds. The summed E-state index contributed by atoms with van der Waals surface area (Å²) in [5.41, 5.74) is 0.910. The predicted octanol–water partition coefficient (Wildman–Crippen LogP) is 2.06. The van der Waals surface area contributed by atoms with Gasteiger partial charge in [0.05, 0.1) is 41.4 Å². The molecule has 1 fully saturated rings. The standard InChI is InChI=1S/C21H21N7O4S/c1-2-33(31,32)27-13-21(14-27,8-9-22)28-12-15(11-24-28)17-7-10-23-20(25-17)26-18-6-4-3-5-16(18)19(29)30/h3-7,10-12H,2,8,13-14H2,1H3,(H,29,30)(H,23,25,26). The summed E-state index contributed by atoms with van der Waals surface area (Å²) in [6.45, 7) is 1.95. The minimum atomic E-state index is -3.34. The highest BCUT2D eigenvalue weighted by Crippen LogP contribution is 2.35. The third-order valence-electron chi connectivity index (χ3n) is 5.53. The van der Waals surface area contributed by atoms with Gasteiger partial charge in [0.1, 0.15) is 5.54 Å². The highest BCUT2D eigenvalue weighted by Gasteiger charge is 2.49. The van der Waals surface area contributed by atoms with E-state index in [4.69, 9.17) is 0 Å². The summed E-state index contributed by atoms with van der Waals surface area (Å²) < 4.78 is 27.3. The largest absolute Gasteiger partial charge is 0.478 e. The molecular formula is C21H21N7O4S. The molecule has 3 aromatic rings. The molecule has 4 rings (SSSR count). The first kappa shape index (κ1) is 22.4. The van der Waals surface area contributed by atoms with Crippen LogP contribution in [-0.2, 0) is 15.6 Å². The van der Waals surface area contributed by atoms with Gasteiger partial charge in [0, 0.05) is 31.0 Å². The van der Waals surface area contributed by atoms with Gasteiger partial charge < -0.3 is 10.4 Å². The van der Waals surface area contributed by atoms with Crippen LogP contribution in [0.15, 0.2) is 48.9 Å². The summed E-state index contributed by atoms with van der Waals surface area (Å²) >= 11 is 0. The van der Waals surface area contributed by atoms with Crippen molar-refractivity contribution in [3.63, 3.8) is 0 Å². The molecule has 0 bridgehead atoms. The molecule has 0 spiro atoms. The number of carboxylic acids is 1. The molecule has 2 N–H and O–H groups in total. The van der Waals surface area contributed by atoms with E-state index in [9.17, 15) is 23.6 Å². The molecule has 0 radical (unpaired) electrons. The Morgan fingerprint density at radius 2 is 2.06 bits per heavy atom. The first-order valence-electron chi connectivity index (χ1n) is 10.1. The van der Waals surface area contributed by atoms with E-state index in [0.717, 1.165) is 0 Å². The topological polar surface area (TPSA) is 154 Å². The Labute approximate surface area is 190 Å². The zero-order valence-electron chi connectivity index (χ0n) is 17.7. The second-order valence-electron chi connectivity index (χ2n) is 7.64. The third kappa shape index (κ3) is 4.28. The number of nitriles is 1.